The Hall–Kier alpha value is -1.43. The third kappa shape index (κ3) is 1.85. The van der Waals surface area contributed by atoms with Crippen LogP contribution in [0.5, 0.6) is 11.5 Å². The van der Waals surface area contributed by atoms with E-state index in [1.165, 1.54) is 18.2 Å². The Morgan fingerprint density at radius 3 is 2.80 bits per heavy atom. The van der Waals surface area contributed by atoms with E-state index in [2.05, 4.69) is 4.74 Å². The van der Waals surface area contributed by atoms with Crippen LogP contribution in [0, 0.1) is 0 Å². The number of rotatable bonds is 1. The smallest absolute Gasteiger partial charge is 0.407 e. The predicted octanol–water partition coefficient (Wildman–Crippen LogP) is 1.84. The third-order valence-corrected chi connectivity index (χ3v) is 2.15. The summed E-state index contributed by atoms with van der Waals surface area (Å²) in [6, 6.07) is 2.09. The average molecular weight is 220 g/mol. The maximum atomic E-state index is 12.3. The van der Waals surface area contributed by atoms with Crippen LogP contribution in [0.15, 0.2) is 18.2 Å². The standard InChI is InChI=1S/C9H8F3NO2/c10-9(11,12)8(13)5-1-2-6-7(3-5)15-4-14-6/h1-3,8H,4,13H2/p+1/t8-/m0/s1. The Labute approximate surface area is 83.6 Å². The number of aliphatic hydroxyl groups is 1. The summed E-state index contributed by atoms with van der Waals surface area (Å²) in [4.78, 5) is 0. The third-order valence-electron chi connectivity index (χ3n) is 2.15. The maximum Gasteiger partial charge on any atom is 0.407 e. The highest BCUT2D eigenvalue weighted by Crippen LogP contribution is 2.38. The van der Waals surface area contributed by atoms with Crippen LogP contribution >= 0.6 is 0 Å². The van der Waals surface area contributed by atoms with Crippen molar-refractivity contribution in [1.29, 1.82) is 0 Å². The fourth-order valence-electron chi connectivity index (χ4n) is 1.33. The molecule has 1 aromatic rings. The molecule has 1 atom stereocenters. The van der Waals surface area contributed by atoms with Crippen molar-refractivity contribution < 1.29 is 22.6 Å². The van der Waals surface area contributed by atoms with Gasteiger partial charge in [0.1, 0.15) is 6.04 Å². The fourth-order valence-corrected chi connectivity index (χ4v) is 1.33. The molecular formula is C9H9F3NO2+. The summed E-state index contributed by atoms with van der Waals surface area (Å²) in [5.74, 6) is 0.917. The second-order valence-electron chi connectivity index (χ2n) is 3.18. The molecule has 15 heavy (non-hydrogen) atoms. The number of nitrogens with two attached hydrogens (primary N) is 1. The van der Waals surface area contributed by atoms with Crippen molar-refractivity contribution in [3.63, 3.8) is 0 Å². The van der Waals surface area contributed by atoms with Crippen molar-refractivity contribution in [2.75, 3.05) is 6.79 Å². The summed E-state index contributed by atoms with van der Waals surface area (Å²) < 4.78 is 45.8. The highest BCUT2D eigenvalue weighted by molar-refractivity contribution is 5.44. The van der Waals surface area contributed by atoms with E-state index in [0.717, 1.165) is 0 Å². The van der Waals surface area contributed by atoms with Gasteiger partial charge in [0.2, 0.25) is 5.75 Å². The van der Waals surface area contributed by atoms with Gasteiger partial charge >= 0.3 is 13.0 Å². The van der Waals surface area contributed by atoms with Gasteiger partial charge in [0.25, 0.3) is 5.75 Å². The molecule has 1 aliphatic heterocycles. The number of aromatic hydroxyl groups is 1. The molecule has 0 saturated carbocycles. The summed E-state index contributed by atoms with van der Waals surface area (Å²) in [6.07, 6.45) is -4.44. The van der Waals surface area contributed by atoms with E-state index in [1.54, 1.807) is 0 Å². The van der Waals surface area contributed by atoms with Crippen molar-refractivity contribution in [2.24, 2.45) is 5.73 Å². The Bertz CT molecular complexity index is 378. The molecule has 3 nitrogen and oxygen atoms in total. The quantitative estimate of drug-likeness (QED) is 0.734. The van der Waals surface area contributed by atoms with Gasteiger partial charge in [0.15, 0.2) is 0 Å². The molecule has 1 heterocycles. The molecule has 2 rings (SSSR count). The first-order valence-electron chi connectivity index (χ1n) is 4.25. The van der Waals surface area contributed by atoms with Gasteiger partial charge in [-0.3, -0.25) is 0 Å². The minimum atomic E-state index is -4.44. The lowest BCUT2D eigenvalue weighted by molar-refractivity contribution is -0.149. The van der Waals surface area contributed by atoms with Gasteiger partial charge in [-0.05, 0) is 17.7 Å². The van der Waals surface area contributed by atoms with Crippen LogP contribution in [0.1, 0.15) is 11.6 Å². The molecule has 6 heteroatoms. The van der Waals surface area contributed by atoms with Crippen molar-refractivity contribution in [2.45, 2.75) is 12.2 Å². The molecule has 0 amide bonds. The second kappa shape index (κ2) is 3.30. The van der Waals surface area contributed by atoms with E-state index >= 15 is 0 Å². The first kappa shape index (κ1) is 10.1. The molecule has 0 spiro atoms. The van der Waals surface area contributed by atoms with Crippen LogP contribution in [0.25, 0.3) is 0 Å². The molecule has 82 valence electrons. The van der Waals surface area contributed by atoms with E-state index in [4.69, 9.17) is 10.5 Å². The topological polar surface area (TPSA) is 48.0 Å². The SMILES string of the molecule is N[C@@H](c1ccc2c(c1)OC[OH+]2)C(F)(F)F. The average Bonchev–Trinajstić information content (AvgIpc) is 2.61. The molecule has 0 radical (unpaired) electrons. The van der Waals surface area contributed by atoms with E-state index in [0.29, 0.717) is 11.5 Å². The van der Waals surface area contributed by atoms with Gasteiger partial charge in [-0.15, -0.1) is 0 Å². The van der Waals surface area contributed by atoms with Crippen molar-refractivity contribution in [1.82, 2.24) is 0 Å². The lowest BCUT2D eigenvalue weighted by atomic mass is 10.1. The number of alkyl halides is 3. The zero-order chi connectivity index (χ0) is 11.1. The Morgan fingerprint density at radius 2 is 2.13 bits per heavy atom. The summed E-state index contributed by atoms with van der Waals surface area (Å²) in [7, 11) is 0. The predicted molar refractivity (Wildman–Crippen MR) is 46.6 cm³/mol. The Kier molecular flexibility index (Phi) is 2.22. The maximum absolute atomic E-state index is 12.3. The lowest BCUT2D eigenvalue weighted by Gasteiger charge is -2.15. The molecule has 1 aliphatic rings. The minimum absolute atomic E-state index is 0.0154. The van der Waals surface area contributed by atoms with Crippen LogP contribution in [0.2, 0.25) is 0 Å². The molecule has 0 aliphatic carbocycles. The number of hydrogen-bond donors (Lipinski definition) is 1. The summed E-state index contributed by atoms with van der Waals surface area (Å²) in [5, 5.41) is 0. The van der Waals surface area contributed by atoms with Gasteiger partial charge < -0.3 is 15.2 Å². The number of hydrogen-bond acceptors (Lipinski definition) is 2. The van der Waals surface area contributed by atoms with Crippen LogP contribution < -0.4 is 10.5 Å². The highest BCUT2D eigenvalue weighted by atomic mass is 19.4. The van der Waals surface area contributed by atoms with E-state index in [9.17, 15) is 13.2 Å². The minimum Gasteiger partial charge on any atom is -0.551 e. The molecule has 0 aromatic heterocycles. The first-order valence-corrected chi connectivity index (χ1v) is 4.25. The number of halogens is 3. The monoisotopic (exact) mass is 220 g/mol. The van der Waals surface area contributed by atoms with Crippen molar-refractivity contribution >= 4 is 0 Å². The van der Waals surface area contributed by atoms with Crippen LogP contribution in [-0.2, 0) is 0 Å². The fraction of sp³-hybridized carbons (Fsp3) is 0.333. The summed E-state index contributed by atoms with van der Waals surface area (Å²) in [5.41, 5.74) is 5.04. The lowest BCUT2D eigenvalue weighted by Crippen LogP contribution is -2.28. The van der Waals surface area contributed by atoms with Gasteiger partial charge in [0.05, 0.1) is 0 Å². The number of ether oxygens (including phenoxy) is 2. The molecule has 0 bridgehead atoms. The zero-order valence-electron chi connectivity index (χ0n) is 7.58. The van der Waals surface area contributed by atoms with Gasteiger partial charge in [0, 0.05) is 6.07 Å². The number of benzene rings is 1. The molecule has 0 fully saturated rings. The molecule has 0 unspecified atom stereocenters. The molecule has 3 N–H and O–H groups in total. The Balaban J connectivity index is 2.31. The summed E-state index contributed by atoms with van der Waals surface area (Å²) in [6.45, 7) is 0.153. The van der Waals surface area contributed by atoms with Gasteiger partial charge in [-0.25, -0.2) is 0 Å². The second-order valence-corrected chi connectivity index (χ2v) is 3.18. The van der Waals surface area contributed by atoms with Crippen LogP contribution in [-0.4, -0.2) is 17.7 Å². The van der Waals surface area contributed by atoms with Crippen LogP contribution in [0.4, 0.5) is 13.2 Å². The van der Waals surface area contributed by atoms with Gasteiger partial charge in [-0.1, -0.05) is 0 Å². The Morgan fingerprint density at radius 1 is 1.40 bits per heavy atom. The molecule has 0 saturated heterocycles. The number of fused-ring (bicyclic) bond motifs is 1. The normalized spacial score (nSPS) is 16.5. The van der Waals surface area contributed by atoms with E-state index in [-0.39, 0.29) is 12.4 Å². The molecule has 1 aromatic carbocycles. The van der Waals surface area contributed by atoms with E-state index < -0.39 is 12.2 Å². The van der Waals surface area contributed by atoms with Crippen molar-refractivity contribution in [3.8, 4) is 11.5 Å². The first-order chi connectivity index (χ1) is 6.98. The van der Waals surface area contributed by atoms with Gasteiger partial charge in [-0.2, -0.15) is 13.2 Å². The van der Waals surface area contributed by atoms with Crippen molar-refractivity contribution in [3.05, 3.63) is 23.8 Å². The largest absolute Gasteiger partial charge is 0.551 e. The zero-order valence-corrected chi connectivity index (χ0v) is 7.58. The van der Waals surface area contributed by atoms with Crippen LogP contribution in [0.3, 0.4) is 0 Å². The summed E-state index contributed by atoms with van der Waals surface area (Å²) >= 11 is 0. The highest BCUT2D eigenvalue weighted by Gasteiger charge is 2.38. The molecular weight excluding hydrogens is 211 g/mol. The van der Waals surface area contributed by atoms with E-state index in [1.807, 2.05) is 0 Å².